The summed E-state index contributed by atoms with van der Waals surface area (Å²) in [5, 5.41) is 17.6. The van der Waals surface area contributed by atoms with Gasteiger partial charge in [-0.3, -0.25) is 19.7 Å². The Kier molecular flexibility index (Phi) is 9.62. The first kappa shape index (κ1) is 34.8. The van der Waals surface area contributed by atoms with Gasteiger partial charge in [0.05, 0.1) is 33.1 Å². The molecule has 2 amide bonds. The Morgan fingerprint density at radius 3 is 2.12 bits per heavy atom. The first-order chi connectivity index (χ1) is 23.0. The summed E-state index contributed by atoms with van der Waals surface area (Å²) in [6.45, 7) is 0. The molecule has 0 unspecified atom stereocenters. The van der Waals surface area contributed by atoms with Crippen LogP contribution in [-0.4, -0.2) is 65.8 Å². The molecule has 3 aromatic heterocycles. The second-order valence-corrected chi connectivity index (χ2v) is 15.1. The minimum atomic E-state index is -3.48. The maximum absolute atomic E-state index is 12.8. The number of primary amides is 1. The van der Waals surface area contributed by atoms with Crippen molar-refractivity contribution in [2.75, 3.05) is 17.8 Å². The van der Waals surface area contributed by atoms with E-state index in [0.29, 0.717) is 46.1 Å². The van der Waals surface area contributed by atoms with E-state index in [1.165, 1.54) is 16.9 Å². The van der Waals surface area contributed by atoms with Gasteiger partial charge >= 0.3 is 0 Å². The number of aromatic nitrogens is 4. The van der Waals surface area contributed by atoms with Crippen LogP contribution in [0, 0.1) is 10.1 Å². The number of nitrogens with zero attached hydrogens (tertiary/aromatic N) is 5. The second kappa shape index (κ2) is 13.5. The number of nitro groups is 1. The summed E-state index contributed by atoms with van der Waals surface area (Å²) in [6.07, 6.45) is 5.55. The predicted octanol–water partition coefficient (Wildman–Crippen LogP) is 3.83. The maximum atomic E-state index is 12.8. The Labute approximate surface area is 284 Å². The minimum absolute atomic E-state index is 0.0765. The van der Waals surface area contributed by atoms with Crippen LogP contribution in [0.3, 0.4) is 0 Å². The number of amides is 2. The number of pyridine rings is 2. The molecule has 0 radical (unpaired) electrons. The molecule has 3 heterocycles. The summed E-state index contributed by atoms with van der Waals surface area (Å²) in [5.74, 6) is -1.03. The zero-order chi connectivity index (χ0) is 35.7. The lowest BCUT2D eigenvalue weighted by molar-refractivity contribution is -0.385. The number of halogens is 1. The number of fused-ring (bicyclic) bond motifs is 3. The van der Waals surface area contributed by atoms with E-state index in [0.717, 1.165) is 42.0 Å². The molecule has 3 N–H and O–H groups in total. The van der Waals surface area contributed by atoms with E-state index in [9.17, 15) is 36.5 Å². The van der Waals surface area contributed by atoms with Gasteiger partial charge in [0.2, 0.25) is 0 Å². The number of carbonyl (C=O) groups is 2. The topological polar surface area (TPSA) is 227 Å². The summed E-state index contributed by atoms with van der Waals surface area (Å²) in [7, 11) is -6.86. The van der Waals surface area contributed by atoms with E-state index >= 15 is 0 Å². The molecule has 0 bridgehead atoms. The van der Waals surface area contributed by atoms with Crippen LogP contribution in [0.15, 0.2) is 89.2 Å². The van der Waals surface area contributed by atoms with Crippen LogP contribution in [0.5, 0.6) is 0 Å². The highest BCUT2D eigenvalue weighted by molar-refractivity contribution is 7.90. The van der Waals surface area contributed by atoms with Gasteiger partial charge in [-0.15, -0.1) is 0 Å². The molecular weight excluding hydrogens is 698 g/mol. The monoisotopic (exact) mass is 723 g/mol. The number of hydrogen-bond acceptors (Lipinski definition) is 11. The fraction of sp³-hybridized carbons (Fsp3) is 0.129. The number of rotatable bonds is 7. The van der Waals surface area contributed by atoms with Crippen molar-refractivity contribution >= 4 is 54.5 Å². The third kappa shape index (κ3) is 7.64. The lowest BCUT2D eigenvalue weighted by Gasteiger charge is -2.20. The van der Waals surface area contributed by atoms with Crippen molar-refractivity contribution in [1.82, 2.24) is 19.7 Å². The van der Waals surface area contributed by atoms with Crippen LogP contribution in [0.1, 0.15) is 32.0 Å². The van der Waals surface area contributed by atoms with E-state index in [1.807, 2.05) is 12.1 Å². The molecule has 0 saturated heterocycles. The van der Waals surface area contributed by atoms with Gasteiger partial charge in [0.15, 0.2) is 35.4 Å². The minimum Gasteiger partial charge on any atom is -0.364 e. The summed E-state index contributed by atoms with van der Waals surface area (Å²) in [4.78, 5) is 42.0. The van der Waals surface area contributed by atoms with Crippen LogP contribution in [0.2, 0.25) is 5.02 Å². The standard InChI is InChI=1S/C25H20ClN5O4S.C6H6N2O4S/c1-36(34,35)21-11-9-16(13-28-21)31-23-18(22(30-31)24(27)32)10-7-14-6-8-15(12-19(14)23)29-25(33)17-4-2-3-5-20(17)26;1-13(11,12)6-3-2-5(4-7-6)8(9)10/h2-6,8-9,11-13H,7,10H2,1H3,(H2,27,32)(H,29,33);2-4H,1H3. The quantitative estimate of drug-likeness (QED) is 0.181. The summed E-state index contributed by atoms with van der Waals surface area (Å²) in [5.41, 5.74) is 9.94. The van der Waals surface area contributed by atoms with Crippen molar-refractivity contribution in [2.45, 2.75) is 22.9 Å². The normalized spacial score (nSPS) is 12.1. The zero-order valence-corrected chi connectivity index (χ0v) is 28.1. The van der Waals surface area contributed by atoms with Crippen LogP contribution >= 0.6 is 11.6 Å². The molecule has 15 nitrogen and oxygen atoms in total. The molecule has 1 aliphatic carbocycles. The molecule has 6 rings (SSSR count). The molecule has 252 valence electrons. The van der Waals surface area contributed by atoms with Crippen molar-refractivity contribution < 1.29 is 31.3 Å². The van der Waals surface area contributed by atoms with Gasteiger partial charge in [-0.2, -0.15) is 5.10 Å². The number of hydrogen-bond donors (Lipinski definition) is 2. The summed E-state index contributed by atoms with van der Waals surface area (Å²) < 4.78 is 47.0. The summed E-state index contributed by atoms with van der Waals surface area (Å²) >= 11 is 6.17. The number of nitrogens with one attached hydrogen (secondary N) is 1. The van der Waals surface area contributed by atoms with Crippen molar-refractivity contribution in [2.24, 2.45) is 5.73 Å². The summed E-state index contributed by atoms with van der Waals surface area (Å²) in [6, 6.07) is 17.4. The number of nitrogens with two attached hydrogens (primary N) is 1. The Hall–Kier alpha value is -5.52. The highest BCUT2D eigenvalue weighted by Crippen LogP contribution is 2.38. The average Bonchev–Trinajstić information content (AvgIpc) is 3.45. The van der Waals surface area contributed by atoms with Crippen LogP contribution in [0.4, 0.5) is 11.4 Å². The van der Waals surface area contributed by atoms with Gasteiger partial charge in [0, 0.05) is 35.4 Å². The Morgan fingerprint density at radius 2 is 1.57 bits per heavy atom. The third-order valence-corrected chi connectivity index (χ3v) is 9.59. The molecule has 18 heteroatoms. The highest BCUT2D eigenvalue weighted by atomic mass is 35.5. The molecule has 0 spiro atoms. The Morgan fingerprint density at radius 1 is 0.918 bits per heavy atom. The van der Waals surface area contributed by atoms with Crippen molar-refractivity contribution in [3.05, 3.63) is 117 Å². The number of carbonyl (C=O) groups excluding carboxylic acids is 2. The average molecular weight is 724 g/mol. The molecule has 0 fully saturated rings. The first-order valence-electron chi connectivity index (χ1n) is 14.1. The maximum Gasteiger partial charge on any atom is 0.287 e. The molecule has 0 saturated carbocycles. The Bertz CT molecular complexity index is 2340. The van der Waals surface area contributed by atoms with Crippen LogP contribution in [-0.2, 0) is 32.5 Å². The predicted molar refractivity (Wildman–Crippen MR) is 179 cm³/mol. The second-order valence-electron chi connectivity index (χ2n) is 10.8. The largest absolute Gasteiger partial charge is 0.364 e. The van der Waals surface area contributed by atoms with E-state index < -0.39 is 30.5 Å². The van der Waals surface area contributed by atoms with E-state index in [-0.39, 0.29) is 27.3 Å². The number of anilines is 1. The van der Waals surface area contributed by atoms with E-state index in [2.05, 4.69) is 20.4 Å². The van der Waals surface area contributed by atoms with Crippen molar-refractivity contribution in [3.8, 4) is 16.9 Å². The zero-order valence-electron chi connectivity index (χ0n) is 25.7. The molecular formula is C31H26ClN7O8S2. The molecule has 0 aliphatic heterocycles. The van der Waals surface area contributed by atoms with Crippen molar-refractivity contribution in [1.29, 1.82) is 0 Å². The lowest BCUT2D eigenvalue weighted by Crippen LogP contribution is -2.15. The highest BCUT2D eigenvalue weighted by Gasteiger charge is 2.29. The van der Waals surface area contributed by atoms with Gasteiger partial charge in [-0.1, -0.05) is 29.8 Å². The van der Waals surface area contributed by atoms with Gasteiger partial charge in [-0.05, 0) is 60.9 Å². The van der Waals surface area contributed by atoms with Gasteiger partial charge < -0.3 is 11.1 Å². The molecule has 5 aromatic rings. The smallest absolute Gasteiger partial charge is 0.287 e. The SMILES string of the molecule is CS(=O)(=O)c1ccc(-n2nc(C(N)=O)c3c2-c2cc(NC(=O)c4ccccc4Cl)ccc2CC3)cn1.CS(=O)(=O)c1ccc([N+](=O)[O-])cn1. The first-order valence-corrected chi connectivity index (χ1v) is 18.3. The van der Waals surface area contributed by atoms with E-state index in [1.54, 1.807) is 36.4 Å². The molecule has 2 aromatic carbocycles. The number of benzene rings is 2. The molecule has 49 heavy (non-hydrogen) atoms. The Balaban J connectivity index is 0.000000304. The van der Waals surface area contributed by atoms with E-state index in [4.69, 9.17) is 17.3 Å². The van der Waals surface area contributed by atoms with Gasteiger partial charge in [0.1, 0.15) is 6.20 Å². The fourth-order valence-corrected chi connectivity index (χ4v) is 6.30. The number of sulfone groups is 2. The van der Waals surface area contributed by atoms with Crippen LogP contribution < -0.4 is 11.1 Å². The lowest BCUT2D eigenvalue weighted by atomic mass is 9.88. The third-order valence-electron chi connectivity index (χ3n) is 7.26. The molecule has 1 aliphatic rings. The van der Waals surface area contributed by atoms with Crippen LogP contribution in [0.25, 0.3) is 16.9 Å². The van der Waals surface area contributed by atoms with Crippen molar-refractivity contribution in [3.63, 3.8) is 0 Å². The van der Waals surface area contributed by atoms with Gasteiger partial charge in [-0.25, -0.2) is 31.5 Å². The molecule has 0 atom stereocenters. The van der Waals surface area contributed by atoms with Gasteiger partial charge in [0.25, 0.3) is 17.5 Å². The number of aryl methyl sites for hydroxylation is 1. The fourth-order valence-electron chi connectivity index (χ4n) is 4.96.